The highest BCUT2D eigenvalue weighted by Gasteiger charge is 2.25. The Labute approximate surface area is 132 Å². The summed E-state index contributed by atoms with van der Waals surface area (Å²) in [6, 6.07) is 5.31. The Morgan fingerprint density at radius 2 is 2.26 bits per heavy atom. The molecule has 1 aliphatic heterocycles. The largest absolute Gasteiger partial charge is 0.338 e. The summed E-state index contributed by atoms with van der Waals surface area (Å²) in [5.41, 5.74) is 0.638. The number of halogens is 3. The van der Waals surface area contributed by atoms with Crippen LogP contribution in [0.2, 0.25) is 5.02 Å². The summed E-state index contributed by atoms with van der Waals surface area (Å²) in [5, 5.41) is 0.584. The Kier molecular flexibility index (Phi) is 5.55. The summed E-state index contributed by atoms with van der Waals surface area (Å²) in [7, 11) is 0. The van der Waals surface area contributed by atoms with Gasteiger partial charge in [-0.3, -0.25) is 4.79 Å². The predicted molar refractivity (Wildman–Crippen MR) is 83.1 cm³/mol. The second-order valence-corrected chi connectivity index (χ2v) is 6.53. The number of nitrogens with zero attached hydrogens (tertiary/aromatic N) is 1. The van der Waals surface area contributed by atoms with E-state index < -0.39 is 0 Å². The molecule has 1 atom stereocenters. The zero-order valence-electron chi connectivity index (χ0n) is 10.5. The van der Waals surface area contributed by atoms with E-state index in [0.717, 1.165) is 36.8 Å². The molecule has 1 aromatic carbocycles. The summed E-state index contributed by atoms with van der Waals surface area (Å²) < 4.78 is 0.793. The van der Waals surface area contributed by atoms with Gasteiger partial charge in [-0.1, -0.05) is 11.6 Å². The molecule has 1 unspecified atom stereocenters. The molecule has 0 spiro atoms. The molecule has 5 heteroatoms. The second kappa shape index (κ2) is 6.96. The Morgan fingerprint density at radius 3 is 3.00 bits per heavy atom. The number of alkyl halides is 1. The summed E-state index contributed by atoms with van der Waals surface area (Å²) >= 11 is 15.2. The molecule has 19 heavy (non-hydrogen) atoms. The predicted octanol–water partition coefficient (Wildman–Crippen LogP) is 4.58. The topological polar surface area (TPSA) is 20.3 Å². The third-order valence-electron chi connectivity index (χ3n) is 3.48. The fourth-order valence-electron chi connectivity index (χ4n) is 2.47. The van der Waals surface area contributed by atoms with Crippen LogP contribution >= 0.6 is 39.1 Å². The summed E-state index contributed by atoms with van der Waals surface area (Å²) in [5.74, 6) is 1.23. The first kappa shape index (κ1) is 15.1. The normalized spacial score (nSPS) is 19.5. The van der Waals surface area contributed by atoms with E-state index >= 15 is 0 Å². The molecule has 1 aliphatic rings. The number of carbonyl (C=O) groups excluding carboxylic acids is 1. The van der Waals surface area contributed by atoms with Crippen molar-refractivity contribution < 1.29 is 4.79 Å². The Bertz CT molecular complexity index is 465. The molecule has 0 saturated carbocycles. The molecule has 1 amide bonds. The van der Waals surface area contributed by atoms with Gasteiger partial charge in [-0.05, 0) is 59.3 Å². The highest BCUT2D eigenvalue weighted by atomic mass is 79.9. The maximum Gasteiger partial charge on any atom is 0.255 e. The lowest BCUT2D eigenvalue weighted by Gasteiger charge is -2.32. The molecule has 1 heterocycles. The lowest BCUT2D eigenvalue weighted by atomic mass is 9.95. The fourth-order valence-corrected chi connectivity index (χ4v) is 3.37. The average molecular weight is 365 g/mol. The number of hydrogen-bond acceptors (Lipinski definition) is 1. The van der Waals surface area contributed by atoms with Crippen molar-refractivity contribution >= 4 is 45.0 Å². The molecular formula is C14H16BrCl2NO. The number of rotatable bonds is 3. The maximum absolute atomic E-state index is 12.5. The SMILES string of the molecule is O=C(c1cc(Cl)ccc1Br)N1CCCC(CCCl)C1. The minimum Gasteiger partial charge on any atom is -0.338 e. The van der Waals surface area contributed by atoms with Gasteiger partial charge >= 0.3 is 0 Å². The van der Waals surface area contributed by atoms with Crippen LogP contribution in [0.3, 0.4) is 0 Å². The van der Waals surface area contributed by atoms with E-state index in [0.29, 0.717) is 22.4 Å². The molecule has 1 aromatic rings. The molecule has 2 nitrogen and oxygen atoms in total. The zero-order valence-corrected chi connectivity index (χ0v) is 13.6. The third-order valence-corrected chi connectivity index (χ3v) is 4.63. The Balaban J connectivity index is 2.12. The lowest BCUT2D eigenvalue weighted by molar-refractivity contribution is 0.0670. The van der Waals surface area contributed by atoms with Crippen molar-refractivity contribution in [2.75, 3.05) is 19.0 Å². The first-order valence-electron chi connectivity index (χ1n) is 6.42. The molecule has 1 saturated heterocycles. The van der Waals surface area contributed by atoms with Crippen LogP contribution in [-0.4, -0.2) is 29.8 Å². The molecule has 0 N–H and O–H groups in total. The van der Waals surface area contributed by atoms with E-state index in [1.165, 1.54) is 0 Å². The van der Waals surface area contributed by atoms with E-state index in [4.69, 9.17) is 23.2 Å². The molecule has 0 bridgehead atoms. The Hall–Kier alpha value is -0.250. The van der Waals surface area contributed by atoms with Gasteiger partial charge in [-0.25, -0.2) is 0 Å². The van der Waals surface area contributed by atoms with Gasteiger partial charge in [-0.2, -0.15) is 0 Å². The number of amides is 1. The molecule has 1 fully saturated rings. The molecule has 0 radical (unpaired) electrons. The number of hydrogen-bond donors (Lipinski definition) is 0. The quantitative estimate of drug-likeness (QED) is 0.718. The average Bonchev–Trinajstić information content (AvgIpc) is 2.41. The number of likely N-dealkylation sites (tertiary alicyclic amines) is 1. The standard InChI is InChI=1S/C14H16BrCl2NO/c15-13-4-3-11(17)8-12(13)14(19)18-7-1-2-10(9-18)5-6-16/h3-4,8,10H,1-2,5-7,9H2. The van der Waals surface area contributed by atoms with Crippen molar-refractivity contribution in [2.24, 2.45) is 5.92 Å². The fraction of sp³-hybridized carbons (Fsp3) is 0.500. The maximum atomic E-state index is 12.5. The lowest BCUT2D eigenvalue weighted by Crippen LogP contribution is -2.40. The van der Waals surface area contributed by atoms with Crippen LogP contribution in [-0.2, 0) is 0 Å². The van der Waals surface area contributed by atoms with Gasteiger partial charge in [0.25, 0.3) is 5.91 Å². The van der Waals surface area contributed by atoms with Crippen LogP contribution < -0.4 is 0 Å². The van der Waals surface area contributed by atoms with Crippen LogP contribution in [0.5, 0.6) is 0 Å². The van der Waals surface area contributed by atoms with Crippen LogP contribution in [0.15, 0.2) is 22.7 Å². The minimum absolute atomic E-state index is 0.0497. The highest BCUT2D eigenvalue weighted by molar-refractivity contribution is 9.10. The summed E-state index contributed by atoms with van der Waals surface area (Å²) in [4.78, 5) is 14.4. The summed E-state index contributed by atoms with van der Waals surface area (Å²) in [6.07, 6.45) is 3.18. The highest BCUT2D eigenvalue weighted by Crippen LogP contribution is 2.26. The van der Waals surface area contributed by atoms with Gasteiger partial charge in [0.1, 0.15) is 0 Å². The van der Waals surface area contributed by atoms with Gasteiger partial charge in [0.2, 0.25) is 0 Å². The van der Waals surface area contributed by atoms with Crippen molar-refractivity contribution in [1.82, 2.24) is 4.90 Å². The van der Waals surface area contributed by atoms with Crippen molar-refractivity contribution in [2.45, 2.75) is 19.3 Å². The van der Waals surface area contributed by atoms with Gasteiger partial charge in [-0.15, -0.1) is 11.6 Å². The van der Waals surface area contributed by atoms with Gasteiger partial charge < -0.3 is 4.90 Å². The molecule has 2 rings (SSSR count). The van der Waals surface area contributed by atoms with Crippen LogP contribution in [0.25, 0.3) is 0 Å². The number of carbonyl (C=O) groups is 1. The first-order chi connectivity index (χ1) is 9.11. The smallest absolute Gasteiger partial charge is 0.255 e. The van der Waals surface area contributed by atoms with E-state index in [-0.39, 0.29) is 5.91 Å². The molecule has 0 aliphatic carbocycles. The number of benzene rings is 1. The van der Waals surface area contributed by atoms with E-state index in [2.05, 4.69) is 15.9 Å². The van der Waals surface area contributed by atoms with Gasteiger partial charge in [0.15, 0.2) is 0 Å². The monoisotopic (exact) mass is 363 g/mol. The first-order valence-corrected chi connectivity index (χ1v) is 8.12. The molecule has 0 aromatic heterocycles. The summed E-state index contributed by atoms with van der Waals surface area (Å²) in [6.45, 7) is 1.61. The van der Waals surface area contributed by atoms with Crippen molar-refractivity contribution in [3.05, 3.63) is 33.3 Å². The number of piperidine rings is 1. The van der Waals surface area contributed by atoms with E-state index in [9.17, 15) is 4.79 Å². The van der Waals surface area contributed by atoms with Crippen LogP contribution in [0.4, 0.5) is 0 Å². The van der Waals surface area contributed by atoms with Crippen molar-refractivity contribution in [1.29, 1.82) is 0 Å². The van der Waals surface area contributed by atoms with Gasteiger partial charge in [0.05, 0.1) is 5.56 Å². The minimum atomic E-state index is 0.0497. The zero-order chi connectivity index (χ0) is 13.8. The molecular weight excluding hydrogens is 349 g/mol. The van der Waals surface area contributed by atoms with E-state index in [1.807, 2.05) is 11.0 Å². The van der Waals surface area contributed by atoms with Crippen LogP contribution in [0.1, 0.15) is 29.6 Å². The second-order valence-electron chi connectivity index (χ2n) is 4.86. The molecule has 104 valence electrons. The van der Waals surface area contributed by atoms with Gasteiger partial charge in [0, 0.05) is 28.5 Å². The van der Waals surface area contributed by atoms with Crippen LogP contribution in [0, 0.1) is 5.92 Å². The van der Waals surface area contributed by atoms with Crippen molar-refractivity contribution in [3.8, 4) is 0 Å². The third kappa shape index (κ3) is 3.87. The Morgan fingerprint density at radius 1 is 1.47 bits per heavy atom. The van der Waals surface area contributed by atoms with E-state index in [1.54, 1.807) is 12.1 Å². The van der Waals surface area contributed by atoms with Crippen molar-refractivity contribution in [3.63, 3.8) is 0 Å².